The fraction of sp³-hybridized carbons (Fsp3) is 0. The highest BCUT2D eigenvalue weighted by Crippen LogP contribution is 2.20. The summed E-state index contributed by atoms with van der Waals surface area (Å²) >= 11 is 11.8. The number of halogens is 2. The predicted molar refractivity (Wildman–Crippen MR) is 105 cm³/mol. The van der Waals surface area contributed by atoms with Crippen molar-refractivity contribution in [2.75, 3.05) is 0 Å². The Balaban J connectivity index is 1.57. The molecule has 1 heterocycles. The number of hydrazine groups is 1. The van der Waals surface area contributed by atoms with E-state index in [1.807, 2.05) is 30.3 Å². The van der Waals surface area contributed by atoms with Gasteiger partial charge >= 0.3 is 0 Å². The van der Waals surface area contributed by atoms with Crippen molar-refractivity contribution in [3.05, 3.63) is 88.2 Å². The molecule has 0 atom stereocenters. The van der Waals surface area contributed by atoms with Gasteiger partial charge in [-0.25, -0.2) is 4.68 Å². The van der Waals surface area contributed by atoms with Gasteiger partial charge in [0, 0.05) is 22.9 Å². The first-order valence-corrected chi connectivity index (χ1v) is 8.62. The van der Waals surface area contributed by atoms with Crippen LogP contribution in [0.1, 0.15) is 15.9 Å². The van der Waals surface area contributed by atoms with Crippen LogP contribution in [-0.2, 0) is 4.79 Å². The fourth-order valence-electron chi connectivity index (χ4n) is 2.22. The van der Waals surface area contributed by atoms with Crippen LogP contribution in [0.25, 0.3) is 11.8 Å². The molecule has 2 aromatic carbocycles. The van der Waals surface area contributed by atoms with Crippen LogP contribution in [0.3, 0.4) is 0 Å². The summed E-state index contributed by atoms with van der Waals surface area (Å²) in [5.74, 6) is -1.07. The number of rotatable bonds is 4. The second kappa shape index (κ2) is 8.53. The predicted octanol–water partition coefficient (Wildman–Crippen LogP) is 3.65. The highest BCUT2D eigenvalue weighted by molar-refractivity contribution is 6.35. The normalized spacial score (nSPS) is 10.7. The lowest BCUT2D eigenvalue weighted by Crippen LogP contribution is -2.40. The molecule has 0 fully saturated rings. The van der Waals surface area contributed by atoms with Gasteiger partial charge < -0.3 is 0 Å². The molecule has 0 saturated heterocycles. The number of hydrogen-bond acceptors (Lipinski definition) is 3. The summed E-state index contributed by atoms with van der Waals surface area (Å²) in [4.78, 5) is 23.9. The average Bonchev–Trinajstić information content (AvgIpc) is 3.16. The van der Waals surface area contributed by atoms with Crippen molar-refractivity contribution < 1.29 is 9.59 Å². The number of hydrogen-bond donors (Lipinski definition) is 2. The van der Waals surface area contributed by atoms with Crippen molar-refractivity contribution >= 4 is 41.1 Å². The standard InChI is InChI=1S/C19H14Cl2N4O2/c20-14-7-8-17(21)16(10-14)19(27)24-23-18(26)9-6-13-11-22-25(12-13)15-4-2-1-3-5-15/h1-12H,(H,23,26)(H,24,27)/b9-6+. The third-order valence-electron chi connectivity index (χ3n) is 3.52. The van der Waals surface area contributed by atoms with E-state index in [1.54, 1.807) is 29.2 Å². The van der Waals surface area contributed by atoms with E-state index in [-0.39, 0.29) is 10.6 Å². The summed E-state index contributed by atoms with van der Waals surface area (Å²) in [5, 5.41) is 4.83. The van der Waals surface area contributed by atoms with Crippen molar-refractivity contribution in [3.8, 4) is 5.69 Å². The molecule has 6 nitrogen and oxygen atoms in total. The molecule has 2 N–H and O–H groups in total. The van der Waals surface area contributed by atoms with Crippen LogP contribution in [0, 0.1) is 0 Å². The van der Waals surface area contributed by atoms with E-state index >= 15 is 0 Å². The summed E-state index contributed by atoms with van der Waals surface area (Å²) < 4.78 is 1.69. The van der Waals surface area contributed by atoms with Crippen LogP contribution in [-0.4, -0.2) is 21.6 Å². The van der Waals surface area contributed by atoms with E-state index in [2.05, 4.69) is 16.0 Å². The zero-order valence-electron chi connectivity index (χ0n) is 13.9. The number of carbonyl (C=O) groups is 2. The SMILES string of the molecule is O=C(/C=C/c1cnn(-c2ccccc2)c1)NNC(=O)c1cc(Cl)ccc1Cl. The first kappa shape index (κ1) is 18.7. The minimum atomic E-state index is -0.568. The largest absolute Gasteiger partial charge is 0.271 e. The number of nitrogens with one attached hydrogen (secondary N) is 2. The van der Waals surface area contributed by atoms with Crippen LogP contribution in [0.5, 0.6) is 0 Å². The smallest absolute Gasteiger partial charge is 0.268 e. The lowest BCUT2D eigenvalue weighted by Gasteiger charge is -2.07. The van der Waals surface area contributed by atoms with Gasteiger partial charge in [0.25, 0.3) is 11.8 Å². The highest BCUT2D eigenvalue weighted by Gasteiger charge is 2.11. The monoisotopic (exact) mass is 400 g/mol. The summed E-state index contributed by atoms with van der Waals surface area (Å²) in [6.45, 7) is 0. The number of amides is 2. The van der Waals surface area contributed by atoms with Crippen molar-refractivity contribution in [2.45, 2.75) is 0 Å². The summed E-state index contributed by atoms with van der Waals surface area (Å²) in [6.07, 6.45) is 6.27. The Bertz CT molecular complexity index is 1000. The Kier molecular flexibility index (Phi) is 5.90. The van der Waals surface area contributed by atoms with E-state index in [4.69, 9.17) is 23.2 Å². The molecule has 136 valence electrons. The van der Waals surface area contributed by atoms with Crippen molar-refractivity contribution in [2.24, 2.45) is 0 Å². The first-order valence-electron chi connectivity index (χ1n) is 7.86. The minimum Gasteiger partial charge on any atom is -0.268 e. The zero-order valence-corrected chi connectivity index (χ0v) is 15.4. The van der Waals surface area contributed by atoms with Crippen molar-refractivity contribution in [3.63, 3.8) is 0 Å². The molecule has 0 aliphatic carbocycles. The van der Waals surface area contributed by atoms with Crippen LogP contribution < -0.4 is 10.9 Å². The van der Waals surface area contributed by atoms with E-state index in [9.17, 15) is 9.59 Å². The van der Waals surface area contributed by atoms with E-state index in [1.165, 1.54) is 18.2 Å². The second-order valence-electron chi connectivity index (χ2n) is 5.45. The molecule has 0 aliphatic heterocycles. The molecule has 1 aromatic heterocycles. The third-order valence-corrected chi connectivity index (χ3v) is 4.09. The third kappa shape index (κ3) is 4.97. The van der Waals surface area contributed by atoms with Gasteiger partial charge in [0.2, 0.25) is 0 Å². The Morgan fingerprint density at radius 1 is 1.04 bits per heavy atom. The van der Waals surface area contributed by atoms with Gasteiger partial charge in [-0.15, -0.1) is 0 Å². The van der Waals surface area contributed by atoms with E-state index in [0.717, 1.165) is 11.3 Å². The van der Waals surface area contributed by atoms with Crippen LogP contribution >= 0.6 is 23.2 Å². The molecule has 27 heavy (non-hydrogen) atoms. The average molecular weight is 401 g/mol. The van der Waals surface area contributed by atoms with Gasteiger partial charge in [-0.1, -0.05) is 41.4 Å². The number of benzene rings is 2. The molecule has 0 radical (unpaired) electrons. The topological polar surface area (TPSA) is 76.0 Å². The maximum Gasteiger partial charge on any atom is 0.271 e. The summed E-state index contributed by atoms with van der Waals surface area (Å²) in [6, 6.07) is 14.1. The summed E-state index contributed by atoms with van der Waals surface area (Å²) in [7, 11) is 0. The molecule has 0 aliphatic rings. The Labute approximate surface area is 165 Å². The summed E-state index contributed by atoms with van der Waals surface area (Å²) in [5.41, 5.74) is 6.37. The van der Waals surface area contributed by atoms with E-state index < -0.39 is 11.8 Å². The Morgan fingerprint density at radius 3 is 2.59 bits per heavy atom. The number of carbonyl (C=O) groups excluding carboxylic acids is 2. The second-order valence-corrected chi connectivity index (χ2v) is 6.30. The number of para-hydroxylation sites is 1. The molecular formula is C19H14Cl2N4O2. The minimum absolute atomic E-state index is 0.164. The van der Waals surface area contributed by atoms with Gasteiger partial charge in [-0.05, 0) is 36.4 Å². The molecule has 0 saturated carbocycles. The highest BCUT2D eigenvalue weighted by atomic mass is 35.5. The maximum absolute atomic E-state index is 12.1. The van der Waals surface area contributed by atoms with Gasteiger partial charge in [0.05, 0.1) is 22.5 Å². The number of nitrogens with zero attached hydrogens (tertiary/aromatic N) is 2. The van der Waals surface area contributed by atoms with E-state index in [0.29, 0.717) is 5.02 Å². The zero-order chi connectivity index (χ0) is 19.2. The fourth-order valence-corrected chi connectivity index (χ4v) is 2.59. The maximum atomic E-state index is 12.1. The molecule has 3 aromatic rings. The lowest BCUT2D eigenvalue weighted by atomic mass is 10.2. The quantitative estimate of drug-likeness (QED) is 0.518. The molecule has 0 bridgehead atoms. The molecule has 0 spiro atoms. The Hall–Kier alpha value is -3.09. The van der Waals surface area contributed by atoms with Crippen molar-refractivity contribution in [1.29, 1.82) is 0 Å². The number of aromatic nitrogens is 2. The van der Waals surface area contributed by atoms with Gasteiger partial charge in [0.1, 0.15) is 0 Å². The molecule has 8 heteroatoms. The van der Waals surface area contributed by atoms with Gasteiger partial charge in [-0.2, -0.15) is 5.10 Å². The van der Waals surface area contributed by atoms with Crippen LogP contribution in [0.15, 0.2) is 67.0 Å². The Morgan fingerprint density at radius 2 is 1.81 bits per heavy atom. The van der Waals surface area contributed by atoms with Gasteiger partial charge in [-0.3, -0.25) is 20.4 Å². The molecule has 0 unspecified atom stereocenters. The van der Waals surface area contributed by atoms with Gasteiger partial charge in [0.15, 0.2) is 0 Å². The lowest BCUT2D eigenvalue weighted by molar-refractivity contribution is -0.117. The van der Waals surface area contributed by atoms with Crippen LogP contribution in [0.2, 0.25) is 10.0 Å². The first-order chi connectivity index (χ1) is 13.0. The molecule has 3 rings (SSSR count). The van der Waals surface area contributed by atoms with Crippen LogP contribution in [0.4, 0.5) is 0 Å². The molecule has 2 amide bonds. The molecular weight excluding hydrogens is 387 g/mol. The van der Waals surface area contributed by atoms with Crippen molar-refractivity contribution in [1.82, 2.24) is 20.6 Å².